The molecule has 11 rings (SSSR count). The van der Waals surface area contributed by atoms with Crippen molar-refractivity contribution >= 4 is 85.6 Å². The van der Waals surface area contributed by atoms with Gasteiger partial charge in [-0.1, -0.05) is 152 Å². The highest BCUT2D eigenvalue weighted by Gasteiger charge is 2.25. The maximum atomic E-state index is 5.37. The van der Waals surface area contributed by atoms with Gasteiger partial charge in [-0.25, -0.2) is 9.97 Å². The van der Waals surface area contributed by atoms with Crippen molar-refractivity contribution < 1.29 is 0 Å². The van der Waals surface area contributed by atoms with E-state index in [0.717, 1.165) is 33.5 Å². The molecule has 8 aromatic carbocycles. The molecular weight excluding hydrogens is 627 g/mol. The molecule has 0 spiro atoms. The van der Waals surface area contributed by atoms with Crippen LogP contribution in [0.15, 0.2) is 164 Å². The Morgan fingerprint density at radius 3 is 1.44 bits per heavy atom. The van der Waals surface area contributed by atoms with Gasteiger partial charge in [0.05, 0.1) is 27.1 Å². The molecule has 0 unspecified atom stereocenters. The van der Waals surface area contributed by atoms with E-state index in [1.807, 2.05) is 23.5 Å². The number of benzene rings is 8. The number of nitrogens with zero attached hydrogens (tertiary/aromatic N) is 3. The van der Waals surface area contributed by atoms with E-state index in [1.54, 1.807) is 0 Å². The Kier molecular flexibility index (Phi) is 5.83. The Balaban J connectivity index is 1.39. The molecule has 0 N–H and O–H groups in total. The summed E-state index contributed by atoms with van der Waals surface area (Å²) < 4.78 is 4.90. The van der Waals surface area contributed by atoms with Crippen molar-refractivity contribution in [1.29, 1.82) is 0 Å². The molecule has 0 saturated carbocycles. The summed E-state index contributed by atoms with van der Waals surface area (Å²) in [6.07, 6.45) is 0. The van der Waals surface area contributed by atoms with Gasteiger partial charge in [0, 0.05) is 42.8 Å². The molecule has 0 aliphatic carbocycles. The maximum Gasteiger partial charge on any atom is 0.235 e. The van der Waals surface area contributed by atoms with E-state index in [9.17, 15) is 0 Å². The van der Waals surface area contributed by atoms with Crippen molar-refractivity contribution in [1.82, 2.24) is 14.5 Å². The fraction of sp³-hybridized carbons (Fsp3) is 0. The lowest BCUT2D eigenvalue weighted by Crippen LogP contribution is -2.04. The molecule has 4 heteroatoms. The number of thiophene rings is 1. The summed E-state index contributed by atoms with van der Waals surface area (Å²) >= 11 is 1.90. The van der Waals surface area contributed by atoms with Gasteiger partial charge >= 0.3 is 0 Å². The number of para-hydroxylation sites is 1. The summed E-state index contributed by atoms with van der Waals surface area (Å²) in [5, 5.41) is 12.7. The fourth-order valence-electron chi connectivity index (χ4n) is 8.06. The van der Waals surface area contributed by atoms with E-state index in [1.165, 1.54) is 63.3 Å². The van der Waals surface area contributed by atoms with E-state index in [4.69, 9.17) is 9.97 Å². The summed E-state index contributed by atoms with van der Waals surface area (Å²) in [5.74, 6) is 0.667. The van der Waals surface area contributed by atoms with Gasteiger partial charge in [-0.15, -0.1) is 11.3 Å². The molecule has 0 saturated heterocycles. The van der Waals surface area contributed by atoms with E-state index in [0.29, 0.717) is 5.95 Å². The maximum absolute atomic E-state index is 5.37. The molecule has 0 bridgehead atoms. The molecule has 11 aromatic rings. The Hall–Kier alpha value is -6.36. The van der Waals surface area contributed by atoms with Gasteiger partial charge in [-0.3, -0.25) is 4.57 Å². The topological polar surface area (TPSA) is 30.7 Å². The van der Waals surface area contributed by atoms with Crippen LogP contribution in [0.3, 0.4) is 0 Å². The highest BCUT2D eigenvalue weighted by molar-refractivity contribution is 7.28. The lowest BCUT2D eigenvalue weighted by molar-refractivity contribution is 0.998. The lowest BCUT2D eigenvalue weighted by Gasteiger charge is -2.13. The monoisotopic (exact) mass is 653 g/mol. The van der Waals surface area contributed by atoms with Crippen LogP contribution in [0.4, 0.5) is 0 Å². The summed E-state index contributed by atoms with van der Waals surface area (Å²) in [5.41, 5.74) is 6.15. The number of hydrogen-bond donors (Lipinski definition) is 0. The smallest absolute Gasteiger partial charge is 0.235 e. The Bertz CT molecular complexity index is 3080. The van der Waals surface area contributed by atoms with Crippen LogP contribution in [0.25, 0.3) is 103 Å². The van der Waals surface area contributed by atoms with Gasteiger partial charge in [0.15, 0.2) is 0 Å². The highest BCUT2D eigenvalue weighted by Crippen LogP contribution is 2.51. The van der Waals surface area contributed by atoms with Crippen molar-refractivity contribution in [3.05, 3.63) is 164 Å². The zero-order valence-electron chi connectivity index (χ0n) is 26.8. The Morgan fingerprint density at radius 2 is 0.820 bits per heavy atom. The van der Waals surface area contributed by atoms with Crippen molar-refractivity contribution in [3.8, 4) is 28.5 Å². The molecule has 0 radical (unpaired) electrons. The van der Waals surface area contributed by atoms with E-state index in [2.05, 4.69) is 156 Å². The third kappa shape index (κ3) is 3.85. The number of aromatic nitrogens is 3. The summed E-state index contributed by atoms with van der Waals surface area (Å²) in [6.45, 7) is 0. The number of rotatable bonds is 3. The predicted octanol–water partition coefficient (Wildman–Crippen LogP) is 12.7. The largest absolute Gasteiger partial charge is 0.276 e. The summed E-state index contributed by atoms with van der Waals surface area (Å²) in [4.78, 5) is 10.7. The van der Waals surface area contributed by atoms with Gasteiger partial charge in [0.2, 0.25) is 5.95 Å². The van der Waals surface area contributed by atoms with Crippen LogP contribution in [-0.2, 0) is 0 Å². The first-order valence-corrected chi connectivity index (χ1v) is 17.7. The third-order valence-corrected chi connectivity index (χ3v) is 11.4. The molecule has 0 aliphatic rings. The van der Waals surface area contributed by atoms with Gasteiger partial charge < -0.3 is 0 Å². The third-order valence-electron chi connectivity index (χ3n) is 10.2. The van der Waals surface area contributed by atoms with Crippen LogP contribution < -0.4 is 0 Å². The lowest BCUT2D eigenvalue weighted by atomic mass is 9.94. The molecule has 0 amide bonds. The standard InChI is InChI=1S/C46H27N3S/c1-3-15-28(16-4-1)37-27-38(29-17-5-2-6-18-29)48-46(47-37)49-39-26-14-13-25-36(39)40-33-22-10-11-23-34(33)42-41-32-21-9-7-19-30(32)31-20-8-12-24-35(31)44(41)50-45(42)43(40)49/h1-27H. The van der Waals surface area contributed by atoms with Crippen LogP contribution in [0, 0.1) is 0 Å². The molecule has 0 atom stereocenters. The van der Waals surface area contributed by atoms with Crippen molar-refractivity contribution in [2.75, 3.05) is 0 Å². The zero-order valence-corrected chi connectivity index (χ0v) is 27.7. The first-order valence-electron chi connectivity index (χ1n) is 16.9. The fourth-order valence-corrected chi connectivity index (χ4v) is 9.47. The molecule has 0 fully saturated rings. The first kappa shape index (κ1) is 27.6. The van der Waals surface area contributed by atoms with Crippen LogP contribution in [0.1, 0.15) is 0 Å². The number of fused-ring (bicyclic) bond motifs is 15. The van der Waals surface area contributed by atoms with Crippen LogP contribution in [0.2, 0.25) is 0 Å². The Morgan fingerprint density at radius 1 is 0.380 bits per heavy atom. The minimum Gasteiger partial charge on any atom is -0.276 e. The second-order valence-corrected chi connectivity index (χ2v) is 13.9. The average Bonchev–Trinajstić information content (AvgIpc) is 3.77. The van der Waals surface area contributed by atoms with Crippen molar-refractivity contribution in [3.63, 3.8) is 0 Å². The molecule has 3 aromatic heterocycles. The average molecular weight is 654 g/mol. The molecule has 0 aliphatic heterocycles. The molecule has 50 heavy (non-hydrogen) atoms. The summed E-state index contributed by atoms with van der Waals surface area (Å²) in [6, 6.07) is 58.4. The van der Waals surface area contributed by atoms with Gasteiger partial charge in [0.1, 0.15) is 0 Å². The van der Waals surface area contributed by atoms with E-state index >= 15 is 0 Å². The highest BCUT2D eigenvalue weighted by atomic mass is 32.1. The second-order valence-electron chi connectivity index (χ2n) is 12.9. The quantitative estimate of drug-likeness (QED) is 0.178. The van der Waals surface area contributed by atoms with Crippen molar-refractivity contribution in [2.45, 2.75) is 0 Å². The first-order chi connectivity index (χ1) is 24.8. The second kappa shape index (κ2) is 10.6. The van der Waals surface area contributed by atoms with Gasteiger partial charge in [0.25, 0.3) is 0 Å². The molecule has 3 heterocycles. The minimum absolute atomic E-state index is 0.667. The Labute approximate surface area is 291 Å². The molecule has 3 nitrogen and oxygen atoms in total. The molecular formula is C46H27N3S. The van der Waals surface area contributed by atoms with E-state index < -0.39 is 0 Å². The van der Waals surface area contributed by atoms with Crippen LogP contribution in [0.5, 0.6) is 0 Å². The van der Waals surface area contributed by atoms with Crippen LogP contribution >= 0.6 is 11.3 Å². The minimum atomic E-state index is 0.667. The van der Waals surface area contributed by atoms with Crippen molar-refractivity contribution in [2.24, 2.45) is 0 Å². The van der Waals surface area contributed by atoms with Crippen LogP contribution in [-0.4, -0.2) is 14.5 Å². The van der Waals surface area contributed by atoms with Gasteiger partial charge in [-0.2, -0.15) is 0 Å². The SMILES string of the molecule is c1ccc(-c2cc(-c3ccccc3)nc(-n3c4ccccc4c4c5ccccc5c5c(sc6c7ccccc7c7ccccc7c65)c43)n2)cc1. The summed E-state index contributed by atoms with van der Waals surface area (Å²) in [7, 11) is 0. The predicted molar refractivity (Wildman–Crippen MR) is 213 cm³/mol. The van der Waals surface area contributed by atoms with Gasteiger partial charge in [-0.05, 0) is 39.1 Å². The molecule has 232 valence electrons. The van der Waals surface area contributed by atoms with E-state index in [-0.39, 0.29) is 0 Å². The number of hydrogen-bond acceptors (Lipinski definition) is 3. The normalized spacial score (nSPS) is 12.0. The zero-order chi connectivity index (χ0) is 32.8.